The van der Waals surface area contributed by atoms with Gasteiger partial charge in [0.15, 0.2) is 0 Å². The summed E-state index contributed by atoms with van der Waals surface area (Å²) in [5.41, 5.74) is 0. The number of amides is 1. The predicted octanol–water partition coefficient (Wildman–Crippen LogP) is -0.497. The van der Waals surface area contributed by atoms with E-state index in [4.69, 9.17) is 18.9 Å². The molecular weight excluding hydrogens is 276 g/mol. The van der Waals surface area contributed by atoms with Gasteiger partial charge in [0, 0.05) is 33.3 Å². The highest BCUT2D eigenvalue weighted by atomic mass is 16.6. The normalized spacial score (nSPS) is 17.0. The van der Waals surface area contributed by atoms with Gasteiger partial charge in [0.2, 0.25) is 0 Å². The van der Waals surface area contributed by atoms with Crippen LogP contribution in [-0.4, -0.2) is 89.8 Å². The Morgan fingerprint density at radius 2 is 1.62 bits per heavy atom. The number of nitrogens with one attached hydrogen (secondary N) is 1. The van der Waals surface area contributed by atoms with Gasteiger partial charge in [-0.1, -0.05) is 0 Å². The highest BCUT2D eigenvalue weighted by Crippen LogP contribution is 2.01. The smallest absolute Gasteiger partial charge is 0.251 e. The molecule has 1 fully saturated rings. The summed E-state index contributed by atoms with van der Waals surface area (Å²) in [6.07, 6.45) is -0.412. The van der Waals surface area contributed by atoms with E-state index in [9.17, 15) is 4.79 Å². The van der Waals surface area contributed by atoms with Crippen LogP contribution in [0.1, 0.15) is 6.92 Å². The second-order valence-corrected chi connectivity index (χ2v) is 4.81. The van der Waals surface area contributed by atoms with Gasteiger partial charge in [-0.25, -0.2) is 0 Å². The van der Waals surface area contributed by atoms with Crippen LogP contribution in [0.15, 0.2) is 0 Å². The number of nitrogens with zero attached hydrogens (tertiary/aromatic N) is 1. The third-order valence-electron chi connectivity index (χ3n) is 3.18. The number of hydrogen-bond acceptors (Lipinski definition) is 6. The van der Waals surface area contributed by atoms with Crippen LogP contribution in [0.2, 0.25) is 0 Å². The van der Waals surface area contributed by atoms with Crippen LogP contribution in [0.3, 0.4) is 0 Å². The minimum absolute atomic E-state index is 0.0550. The number of ether oxygens (including phenoxy) is 4. The first-order valence-electron chi connectivity index (χ1n) is 7.51. The Bertz CT molecular complexity index is 272. The summed E-state index contributed by atoms with van der Waals surface area (Å²) in [7, 11) is 1.64. The molecule has 1 aliphatic heterocycles. The summed E-state index contributed by atoms with van der Waals surface area (Å²) < 4.78 is 21.0. The molecule has 1 saturated heterocycles. The van der Waals surface area contributed by atoms with Gasteiger partial charge in [-0.2, -0.15) is 0 Å². The maximum Gasteiger partial charge on any atom is 0.251 e. The Morgan fingerprint density at radius 1 is 1.05 bits per heavy atom. The van der Waals surface area contributed by atoms with E-state index in [1.807, 2.05) is 4.90 Å². The highest BCUT2D eigenvalue weighted by Gasteiger charge is 2.22. The predicted molar refractivity (Wildman–Crippen MR) is 78.4 cm³/mol. The molecule has 1 aliphatic rings. The molecule has 1 rings (SSSR count). The standard InChI is InChI=1S/C14H28N2O5/c1-13(14(17)16-5-3-15-4-6-16)21-12-11-20-10-9-19-8-7-18-2/h13,15H,3-12H2,1-2H3. The first-order chi connectivity index (χ1) is 10.3. The molecule has 0 saturated carbocycles. The van der Waals surface area contributed by atoms with Crippen LogP contribution in [0.4, 0.5) is 0 Å². The molecule has 0 aromatic carbocycles. The number of methoxy groups -OCH3 is 1. The first kappa shape index (κ1) is 18.3. The molecular formula is C14H28N2O5. The molecule has 124 valence electrons. The Morgan fingerprint density at radius 3 is 2.24 bits per heavy atom. The van der Waals surface area contributed by atoms with Crippen LogP contribution in [0.25, 0.3) is 0 Å². The maximum atomic E-state index is 12.1. The summed E-state index contributed by atoms with van der Waals surface area (Å²) >= 11 is 0. The quantitative estimate of drug-likeness (QED) is 0.519. The Kier molecular flexibility index (Phi) is 10.4. The summed E-state index contributed by atoms with van der Waals surface area (Å²) in [5.74, 6) is 0.0550. The summed E-state index contributed by atoms with van der Waals surface area (Å²) in [5, 5.41) is 3.22. The average molecular weight is 304 g/mol. The summed E-state index contributed by atoms with van der Waals surface area (Å²) in [6.45, 7) is 8.11. The van der Waals surface area contributed by atoms with Crippen LogP contribution in [0, 0.1) is 0 Å². The van der Waals surface area contributed by atoms with Crippen molar-refractivity contribution >= 4 is 5.91 Å². The van der Waals surface area contributed by atoms with Crippen LogP contribution >= 0.6 is 0 Å². The number of piperazine rings is 1. The summed E-state index contributed by atoms with van der Waals surface area (Å²) in [4.78, 5) is 13.9. The van der Waals surface area contributed by atoms with Gasteiger partial charge in [0.25, 0.3) is 5.91 Å². The lowest BCUT2D eigenvalue weighted by atomic mass is 10.3. The van der Waals surface area contributed by atoms with Crippen molar-refractivity contribution in [2.45, 2.75) is 13.0 Å². The fraction of sp³-hybridized carbons (Fsp3) is 0.929. The number of carbonyl (C=O) groups is 1. The van der Waals surface area contributed by atoms with Gasteiger partial charge in [-0.3, -0.25) is 4.79 Å². The van der Waals surface area contributed by atoms with E-state index in [1.165, 1.54) is 0 Å². The largest absolute Gasteiger partial charge is 0.382 e. The van der Waals surface area contributed by atoms with Crippen molar-refractivity contribution in [3.63, 3.8) is 0 Å². The highest BCUT2D eigenvalue weighted by molar-refractivity contribution is 5.80. The van der Waals surface area contributed by atoms with Crippen molar-refractivity contribution in [3.8, 4) is 0 Å². The van der Waals surface area contributed by atoms with Gasteiger partial charge in [0.1, 0.15) is 6.10 Å². The second-order valence-electron chi connectivity index (χ2n) is 4.81. The van der Waals surface area contributed by atoms with E-state index in [1.54, 1.807) is 14.0 Å². The number of rotatable bonds is 11. The molecule has 1 atom stereocenters. The molecule has 0 aliphatic carbocycles. The zero-order chi connectivity index (χ0) is 15.3. The molecule has 21 heavy (non-hydrogen) atoms. The molecule has 1 heterocycles. The van der Waals surface area contributed by atoms with Gasteiger partial charge in [-0.15, -0.1) is 0 Å². The minimum atomic E-state index is -0.412. The lowest BCUT2D eigenvalue weighted by Crippen LogP contribution is -2.49. The summed E-state index contributed by atoms with van der Waals surface area (Å²) in [6, 6.07) is 0. The lowest BCUT2D eigenvalue weighted by Gasteiger charge is -2.29. The lowest BCUT2D eigenvalue weighted by molar-refractivity contribution is -0.144. The number of carbonyl (C=O) groups excluding carboxylic acids is 1. The zero-order valence-corrected chi connectivity index (χ0v) is 13.1. The van der Waals surface area contributed by atoms with Crippen molar-refractivity contribution in [3.05, 3.63) is 0 Å². The van der Waals surface area contributed by atoms with Gasteiger partial charge in [-0.05, 0) is 6.92 Å². The fourth-order valence-corrected chi connectivity index (χ4v) is 1.96. The third kappa shape index (κ3) is 8.33. The molecule has 1 amide bonds. The SMILES string of the molecule is COCCOCCOCCOC(C)C(=O)N1CCNCC1. The molecule has 1 N–H and O–H groups in total. The van der Waals surface area contributed by atoms with Crippen molar-refractivity contribution in [2.24, 2.45) is 0 Å². The van der Waals surface area contributed by atoms with E-state index in [0.29, 0.717) is 39.6 Å². The maximum absolute atomic E-state index is 12.1. The van der Waals surface area contributed by atoms with Gasteiger partial charge < -0.3 is 29.2 Å². The molecule has 0 spiro atoms. The molecule has 7 heteroatoms. The van der Waals surface area contributed by atoms with Crippen molar-refractivity contribution < 1.29 is 23.7 Å². The molecule has 0 radical (unpaired) electrons. The van der Waals surface area contributed by atoms with Crippen LogP contribution in [-0.2, 0) is 23.7 Å². The van der Waals surface area contributed by atoms with Crippen molar-refractivity contribution in [2.75, 3.05) is 72.9 Å². The monoisotopic (exact) mass is 304 g/mol. The van der Waals surface area contributed by atoms with E-state index < -0.39 is 6.10 Å². The molecule has 0 bridgehead atoms. The Labute approximate surface area is 126 Å². The minimum Gasteiger partial charge on any atom is -0.382 e. The fourth-order valence-electron chi connectivity index (χ4n) is 1.96. The van der Waals surface area contributed by atoms with E-state index in [2.05, 4.69) is 5.32 Å². The van der Waals surface area contributed by atoms with Gasteiger partial charge in [0.05, 0.1) is 39.6 Å². The van der Waals surface area contributed by atoms with E-state index in [0.717, 1.165) is 26.2 Å². The first-order valence-corrected chi connectivity index (χ1v) is 7.51. The average Bonchev–Trinajstić information content (AvgIpc) is 2.53. The second kappa shape index (κ2) is 11.9. The topological polar surface area (TPSA) is 69.3 Å². The van der Waals surface area contributed by atoms with Crippen LogP contribution < -0.4 is 5.32 Å². The van der Waals surface area contributed by atoms with Crippen LogP contribution in [0.5, 0.6) is 0 Å². The Balaban J connectivity index is 1.95. The molecule has 7 nitrogen and oxygen atoms in total. The molecule has 0 aromatic heterocycles. The molecule has 0 aromatic rings. The Hall–Kier alpha value is -0.730. The van der Waals surface area contributed by atoms with Crippen molar-refractivity contribution in [1.29, 1.82) is 0 Å². The zero-order valence-electron chi connectivity index (χ0n) is 13.1. The third-order valence-corrected chi connectivity index (χ3v) is 3.18. The number of hydrogen-bond donors (Lipinski definition) is 1. The van der Waals surface area contributed by atoms with E-state index >= 15 is 0 Å². The van der Waals surface area contributed by atoms with Crippen molar-refractivity contribution in [1.82, 2.24) is 10.2 Å². The molecule has 1 unspecified atom stereocenters. The van der Waals surface area contributed by atoms with Gasteiger partial charge >= 0.3 is 0 Å². The van der Waals surface area contributed by atoms with E-state index in [-0.39, 0.29) is 5.91 Å².